The van der Waals surface area contributed by atoms with Gasteiger partial charge in [0.25, 0.3) is 6.47 Å². The Kier molecular flexibility index (Phi) is 7.16. The summed E-state index contributed by atoms with van der Waals surface area (Å²) in [5.74, 6) is 1.29. The number of hydrogen-bond acceptors (Lipinski definition) is 6. The summed E-state index contributed by atoms with van der Waals surface area (Å²) in [4.78, 5) is 35.4. The number of hydrogen-bond donors (Lipinski definition) is 0. The number of fused-ring (bicyclic) bond motifs is 5. The maximum absolute atomic E-state index is 12.6. The summed E-state index contributed by atoms with van der Waals surface area (Å²) in [6.07, 6.45) is 10.2. The molecule has 3 fully saturated rings. The molecule has 35 heavy (non-hydrogen) atoms. The molecule has 196 valence electrons. The number of carbonyl (C=O) groups is 3. The van der Waals surface area contributed by atoms with E-state index >= 15 is 0 Å². The largest absolute Gasteiger partial charge is 0.467 e. The molecular weight excluding hydrogens is 444 g/mol. The molecule has 0 aromatic carbocycles. The molecule has 0 unspecified atom stereocenters. The van der Waals surface area contributed by atoms with E-state index in [-0.39, 0.29) is 35.0 Å². The van der Waals surface area contributed by atoms with Gasteiger partial charge in [0.2, 0.25) is 0 Å². The number of carbonyl (C=O) groups excluding carboxylic acids is 3. The van der Waals surface area contributed by atoms with Crippen LogP contribution in [-0.4, -0.2) is 37.2 Å². The van der Waals surface area contributed by atoms with Crippen LogP contribution in [0, 0.1) is 39.9 Å². The van der Waals surface area contributed by atoms with Gasteiger partial charge in [-0.3, -0.25) is 14.4 Å². The van der Waals surface area contributed by atoms with Gasteiger partial charge in [0.1, 0.15) is 12.2 Å². The Bertz CT molecular complexity index is 871. The first kappa shape index (κ1) is 26.2. The fourth-order valence-electron chi connectivity index (χ4n) is 8.33. The summed E-state index contributed by atoms with van der Waals surface area (Å²) >= 11 is 0. The molecule has 0 heterocycles. The quantitative estimate of drug-likeness (QED) is 0.209. The second-order valence-electron chi connectivity index (χ2n) is 13.0. The van der Waals surface area contributed by atoms with Crippen LogP contribution >= 0.6 is 0 Å². The maximum Gasteiger partial charge on any atom is 0.311 e. The third-order valence-corrected chi connectivity index (χ3v) is 10.0. The van der Waals surface area contributed by atoms with E-state index in [2.05, 4.69) is 19.9 Å². The summed E-state index contributed by atoms with van der Waals surface area (Å²) in [7, 11) is 0. The zero-order valence-electron chi connectivity index (χ0n) is 22.4. The highest BCUT2D eigenvalue weighted by molar-refractivity contribution is 5.75. The molecule has 0 spiro atoms. The lowest BCUT2D eigenvalue weighted by atomic mass is 9.45. The molecule has 6 nitrogen and oxygen atoms in total. The average Bonchev–Trinajstić information content (AvgIpc) is 3.14. The Morgan fingerprint density at radius 2 is 1.91 bits per heavy atom. The summed E-state index contributed by atoms with van der Waals surface area (Å²) < 4.78 is 17.1. The van der Waals surface area contributed by atoms with Crippen molar-refractivity contribution < 1.29 is 28.6 Å². The Morgan fingerprint density at radius 1 is 1.17 bits per heavy atom. The first-order valence-electron chi connectivity index (χ1n) is 13.6. The zero-order chi connectivity index (χ0) is 25.6. The van der Waals surface area contributed by atoms with Crippen LogP contribution in [0.5, 0.6) is 0 Å². The van der Waals surface area contributed by atoms with Crippen molar-refractivity contribution in [2.24, 2.45) is 39.9 Å². The number of rotatable bonds is 6. The summed E-state index contributed by atoms with van der Waals surface area (Å²) in [5.41, 5.74) is 1.03. The third-order valence-electron chi connectivity index (χ3n) is 10.0. The lowest BCUT2D eigenvalue weighted by Crippen LogP contribution is -2.56. The van der Waals surface area contributed by atoms with Crippen LogP contribution in [-0.2, 0) is 28.6 Å². The first-order chi connectivity index (χ1) is 16.4. The Morgan fingerprint density at radius 3 is 2.57 bits per heavy atom. The van der Waals surface area contributed by atoms with E-state index in [0.29, 0.717) is 36.8 Å². The fourth-order valence-corrected chi connectivity index (χ4v) is 8.33. The Balaban J connectivity index is 1.54. The van der Waals surface area contributed by atoms with E-state index in [9.17, 15) is 14.4 Å². The molecule has 0 amide bonds. The van der Waals surface area contributed by atoms with Gasteiger partial charge in [0.15, 0.2) is 0 Å². The molecule has 0 saturated heterocycles. The van der Waals surface area contributed by atoms with Crippen LogP contribution < -0.4 is 0 Å². The van der Waals surface area contributed by atoms with Crippen molar-refractivity contribution in [3.63, 3.8) is 0 Å². The fraction of sp³-hybridized carbons (Fsp3) is 0.828. The van der Waals surface area contributed by atoms with Crippen LogP contribution in [0.25, 0.3) is 0 Å². The summed E-state index contributed by atoms with van der Waals surface area (Å²) in [6.45, 7) is 12.7. The highest BCUT2D eigenvalue weighted by Crippen LogP contribution is 2.66. The van der Waals surface area contributed by atoms with Gasteiger partial charge in [-0.2, -0.15) is 0 Å². The van der Waals surface area contributed by atoms with Gasteiger partial charge in [-0.15, -0.1) is 0 Å². The van der Waals surface area contributed by atoms with Gasteiger partial charge in [-0.05, 0) is 102 Å². The average molecular weight is 489 g/mol. The molecule has 0 N–H and O–H groups in total. The van der Waals surface area contributed by atoms with E-state index in [1.807, 2.05) is 20.8 Å². The van der Waals surface area contributed by atoms with Crippen molar-refractivity contribution in [2.75, 3.05) is 6.61 Å². The van der Waals surface area contributed by atoms with Gasteiger partial charge >= 0.3 is 11.9 Å². The first-order valence-corrected chi connectivity index (χ1v) is 13.6. The van der Waals surface area contributed by atoms with Crippen LogP contribution in [0.15, 0.2) is 11.6 Å². The van der Waals surface area contributed by atoms with Gasteiger partial charge in [-0.1, -0.05) is 18.6 Å². The Labute approximate surface area is 210 Å². The normalized spacial score (nSPS) is 39.3. The van der Waals surface area contributed by atoms with Crippen molar-refractivity contribution in [3.8, 4) is 0 Å². The van der Waals surface area contributed by atoms with E-state index in [1.54, 1.807) is 5.57 Å². The van der Waals surface area contributed by atoms with Crippen molar-refractivity contribution in [3.05, 3.63) is 11.6 Å². The van der Waals surface area contributed by atoms with Crippen LogP contribution in [0.1, 0.15) is 92.9 Å². The molecule has 0 aromatic rings. The minimum absolute atomic E-state index is 0.0271. The minimum Gasteiger partial charge on any atom is -0.467 e. The lowest BCUT2D eigenvalue weighted by molar-refractivity contribution is -0.169. The van der Waals surface area contributed by atoms with E-state index in [1.165, 1.54) is 6.92 Å². The maximum atomic E-state index is 12.6. The summed E-state index contributed by atoms with van der Waals surface area (Å²) in [5, 5.41) is 0. The molecule has 3 saturated carbocycles. The second kappa shape index (κ2) is 9.55. The van der Waals surface area contributed by atoms with Gasteiger partial charge in [0, 0.05) is 18.3 Å². The topological polar surface area (TPSA) is 78.9 Å². The van der Waals surface area contributed by atoms with Crippen molar-refractivity contribution in [1.29, 1.82) is 0 Å². The smallest absolute Gasteiger partial charge is 0.311 e. The van der Waals surface area contributed by atoms with Crippen LogP contribution in [0.2, 0.25) is 0 Å². The molecule has 0 radical (unpaired) electrons. The number of ether oxygens (including phenoxy) is 3. The van der Waals surface area contributed by atoms with Gasteiger partial charge in [-0.25, -0.2) is 0 Å². The lowest BCUT2D eigenvalue weighted by Gasteiger charge is -2.60. The van der Waals surface area contributed by atoms with Crippen molar-refractivity contribution in [2.45, 2.75) is 105 Å². The van der Waals surface area contributed by atoms with E-state index < -0.39 is 5.41 Å². The molecule has 4 aliphatic carbocycles. The molecule has 0 bridgehead atoms. The van der Waals surface area contributed by atoms with Crippen molar-refractivity contribution >= 4 is 18.4 Å². The molecule has 0 aromatic heterocycles. The minimum atomic E-state index is -0.504. The van der Waals surface area contributed by atoms with Gasteiger partial charge < -0.3 is 14.2 Å². The zero-order valence-corrected chi connectivity index (χ0v) is 22.4. The monoisotopic (exact) mass is 488 g/mol. The van der Waals surface area contributed by atoms with Gasteiger partial charge in [0.05, 0.1) is 12.0 Å². The molecular formula is C29H44O6. The third kappa shape index (κ3) is 4.67. The summed E-state index contributed by atoms with van der Waals surface area (Å²) in [6, 6.07) is 0. The number of esters is 2. The van der Waals surface area contributed by atoms with E-state index in [4.69, 9.17) is 14.2 Å². The molecule has 6 heteroatoms. The van der Waals surface area contributed by atoms with Crippen molar-refractivity contribution in [1.82, 2.24) is 0 Å². The van der Waals surface area contributed by atoms with Crippen LogP contribution in [0.3, 0.4) is 0 Å². The molecule has 4 rings (SSSR count). The predicted octanol–water partition coefficient (Wildman–Crippen LogP) is 5.63. The van der Waals surface area contributed by atoms with Crippen LogP contribution in [0.4, 0.5) is 0 Å². The van der Waals surface area contributed by atoms with E-state index in [0.717, 1.165) is 51.4 Å². The highest BCUT2D eigenvalue weighted by atomic mass is 16.5. The molecule has 8 atom stereocenters. The molecule has 4 aliphatic rings. The highest BCUT2D eigenvalue weighted by Gasteiger charge is 2.60. The SMILES string of the molecule is CC(=O)O[C@H]1CC[C@@]2(COC=O)[C@@H](CC[C@H]3C4=CC[C@H]([C@H](C)OC(=O)C(C)(C)C)[C@@]4(C)CC[C@@H]32)C1. The molecule has 0 aliphatic heterocycles. The Hall–Kier alpha value is -1.85. The number of allylic oxidation sites excluding steroid dienone is 2. The second-order valence-corrected chi connectivity index (χ2v) is 13.0. The standard InChI is InChI=1S/C29H44O6/c1-18(34-26(32)27(3,4)5)23-9-10-24-22-8-7-20-15-21(35-19(2)31)11-14-29(20,16-33-17-30)25(22)12-13-28(23,24)6/h10,17-18,20-23,25H,7-9,11-16H2,1-6H3/t18-,20-,21-,22-,23+,25-,28+,29+/m0/s1. The predicted molar refractivity (Wildman–Crippen MR) is 132 cm³/mol.